The molecule has 0 unspecified atom stereocenters. The van der Waals surface area contributed by atoms with Crippen molar-refractivity contribution >= 4 is 106 Å². The first kappa shape index (κ1) is 54.5. The van der Waals surface area contributed by atoms with Crippen molar-refractivity contribution in [2.75, 3.05) is 14.7 Å². The predicted molar refractivity (Wildman–Crippen MR) is 373 cm³/mol. The highest BCUT2D eigenvalue weighted by atomic mass is 32.1. The lowest BCUT2D eigenvalue weighted by Crippen LogP contribution is -2.61. The van der Waals surface area contributed by atoms with E-state index in [1.807, 2.05) is 11.3 Å². The Kier molecular flexibility index (Phi) is 12.3. The van der Waals surface area contributed by atoms with Crippen LogP contribution in [0, 0.1) is 6.92 Å². The van der Waals surface area contributed by atoms with E-state index in [-0.39, 0.29) is 33.8 Å². The molecule has 0 amide bonds. The topological polar surface area (TPSA) is 9.72 Å². The predicted octanol–water partition coefficient (Wildman–Crippen LogP) is 21.2. The molecule has 11 aromatic rings. The number of fused-ring (bicyclic) bond motifs is 10. The van der Waals surface area contributed by atoms with Gasteiger partial charge in [0.15, 0.2) is 0 Å². The second-order valence-electron chi connectivity index (χ2n) is 29.1. The number of nitrogens with zero attached hydrogens (tertiary/aromatic N) is 3. The number of benzene rings is 10. The average molecular weight is 1140 g/mol. The molecule has 0 N–H and O–H groups in total. The van der Waals surface area contributed by atoms with Gasteiger partial charge in [-0.15, -0.1) is 11.3 Å². The molecule has 0 saturated heterocycles. The van der Waals surface area contributed by atoms with Gasteiger partial charge < -0.3 is 14.7 Å². The number of hydrogen-bond donors (Lipinski definition) is 0. The smallest absolute Gasteiger partial charge is 0.252 e. The van der Waals surface area contributed by atoms with Crippen molar-refractivity contribution in [3.63, 3.8) is 0 Å². The van der Waals surface area contributed by atoms with Crippen LogP contribution in [0.15, 0.2) is 206 Å². The quantitative estimate of drug-likeness (QED) is 0.147. The summed E-state index contributed by atoms with van der Waals surface area (Å²) in [5.41, 5.74) is 28.1. The number of thiophene rings is 1. The first-order valence-corrected chi connectivity index (χ1v) is 32.3. The summed E-state index contributed by atoms with van der Waals surface area (Å²) in [6.45, 7) is 29.0. The Bertz CT molecular complexity index is 4490. The van der Waals surface area contributed by atoms with Gasteiger partial charge in [0.25, 0.3) is 6.71 Å². The van der Waals surface area contributed by atoms with Gasteiger partial charge in [-0.05, 0) is 199 Å². The van der Waals surface area contributed by atoms with Crippen molar-refractivity contribution < 1.29 is 0 Å². The van der Waals surface area contributed by atoms with E-state index in [9.17, 15) is 0 Å². The summed E-state index contributed by atoms with van der Waals surface area (Å²) in [5.74, 6) is 0. The first-order valence-electron chi connectivity index (χ1n) is 31.4. The maximum atomic E-state index is 2.75. The summed E-state index contributed by atoms with van der Waals surface area (Å²) >= 11 is 2.00. The van der Waals surface area contributed by atoms with E-state index in [4.69, 9.17) is 0 Å². The zero-order chi connectivity index (χ0) is 59.4. The SMILES string of the molecule is Cc1cc2c(cc1N1c3ccc(-c4ccccc4)cc3B3c4ccc5c(sc6cc7c(cc65)C(C)(C)CCC7(C)C)c4N(c4ccc(C(C)(C)C)cc4-c4ccccc4)c4cc(N(c5ccccc5)c5ccccc5)cc1c43)C(C)(C)CCC2(C)C. The number of aryl methyl sites for hydroxylation is 1. The molecule has 2 aliphatic carbocycles. The highest BCUT2D eigenvalue weighted by Crippen LogP contribution is 2.57. The monoisotopic (exact) mass is 1140 g/mol. The molecule has 1 aromatic heterocycles. The minimum absolute atomic E-state index is 0.00644. The molecule has 0 spiro atoms. The van der Waals surface area contributed by atoms with Gasteiger partial charge in [-0.2, -0.15) is 0 Å². The molecule has 5 heteroatoms. The molecule has 10 aromatic carbocycles. The molecule has 0 atom stereocenters. The minimum Gasteiger partial charge on any atom is -0.311 e. The van der Waals surface area contributed by atoms with Gasteiger partial charge in [-0.3, -0.25) is 0 Å². The van der Waals surface area contributed by atoms with E-state index in [1.54, 1.807) is 0 Å². The molecule has 15 rings (SSSR count). The van der Waals surface area contributed by atoms with E-state index in [2.05, 4.69) is 304 Å². The van der Waals surface area contributed by atoms with Gasteiger partial charge in [0.1, 0.15) is 0 Å². The Balaban J connectivity index is 1.13. The molecule has 0 radical (unpaired) electrons. The molecular formula is C81H78BN3S. The largest absolute Gasteiger partial charge is 0.311 e. The molecule has 0 fully saturated rings. The molecule has 86 heavy (non-hydrogen) atoms. The molecule has 2 aliphatic heterocycles. The van der Waals surface area contributed by atoms with Crippen LogP contribution in [0.1, 0.15) is 135 Å². The minimum atomic E-state index is -0.125. The van der Waals surface area contributed by atoms with Crippen LogP contribution >= 0.6 is 11.3 Å². The molecule has 4 aliphatic rings. The van der Waals surface area contributed by atoms with Crippen LogP contribution in [-0.4, -0.2) is 6.71 Å². The van der Waals surface area contributed by atoms with Crippen molar-refractivity contribution in [2.45, 2.75) is 136 Å². The van der Waals surface area contributed by atoms with Gasteiger partial charge in [-0.1, -0.05) is 210 Å². The fraction of sp³-hybridized carbons (Fsp3) is 0.259. The summed E-state index contributed by atoms with van der Waals surface area (Å²) in [4.78, 5) is 7.93. The second kappa shape index (κ2) is 19.4. The van der Waals surface area contributed by atoms with E-state index in [1.165, 1.54) is 139 Å². The molecule has 3 heterocycles. The lowest BCUT2D eigenvalue weighted by atomic mass is 9.33. The molecule has 426 valence electrons. The van der Waals surface area contributed by atoms with Gasteiger partial charge in [-0.25, -0.2) is 0 Å². The van der Waals surface area contributed by atoms with Crippen molar-refractivity contribution in [3.05, 3.63) is 240 Å². The Morgan fingerprint density at radius 1 is 0.419 bits per heavy atom. The fourth-order valence-corrected chi connectivity index (χ4v) is 16.7. The third-order valence-electron chi connectivity index (χ3n) is 20.6. The summed E-state index contributed by atoms with van der Waals surface area (Å²) in [5, 5.41) is 2.68. The maximum Gasteiger partial charge on any atom is 0.252 e. The van der Waals surface area contributed by atoms with Gasteiger partial charge in [0.2, 0.25) is 0 Å². The van der Waals surface area contributed by atoms with Crippen LogP contribution in [0.2, 0.25) is 0 Å². The third-order valence-corrected chi connectivity index (χ3v) is 21.8. The average Bonchev–Trinajstić information content (AvgIpc) is 1.02. The second-order valence-corrected chi connectivity index (χ2v) is 30.1. The standard InChI is InChI=1S/C81H78BN3S/c1-51-43-62-64(80(9,10)41-39-78(62,5)6)49-70(51)84-69-37-33-54(52-25-17-13-18-26-52)44-67(69)82-66-36-35-59-61-48-63-65(81(11,12)42-40-79(63,7)8)50-73(61)86-76(59)75(66)85(68-38-34-55(77(2,3)4)45-60(68)53-27-19-14-20-28-53)72-47-58(46-71(84)74(72)82)83(56-29-21-15-22-30-56)57-31-23-16-24-32-57/h13-38,43-50H,39-42H2,1-12H3. The van der Waals surface area contributed by atoms with Crippen molar-refractivity contribution in [2.24, 2.45) is 0 Å². The van der Waals surface area contributed by atoms with E-state index >= 15 is 0 Å². The van der Waals surface area contributed by atoms with Crippen LogP contribution in [0.25, 0.3) is 42.4 Å². The lowest BCUT2D eigenvalue weighted by molar-refractivity contribution is 0.332. The van der Waals surface area contributed by atoms with Gasteiger partial charge in [0, 0.05) is 55.2 Å². The Morgan fingerprint density at radius 3 is 1.53 bits per heavy atom. The van der Waals surface area contributed by atoms with Gasteiger partial charge >= 0.3 is 0 Å². The Labute approximate surface area is 515 Å². The zero-order valence-electron chi connectivity index (χ0n) is 52.3. The number of hydrogen-bond acceptors (Lipinski definition) is 4. The van der Waals surface area contributed by atoms with Crippen LogP contribution in [0.3, 0.4) is 0 Å². The molecule has 3 nitrogen and oxygen atoms in total. The zero-order valence-corrected chi connectivity index (χ0v) is 53.1. The molecule has 0 bridgehead atoms. The maximum absolute atomic E-state index is 2.75. The summed E-state index contributed by atoms with van der Waals surface area (Å²) in [7, 11) is 0. The fourth-order valence-electron chi connectivity index (χ4n) is 15.4. The van der Waals surface area contributed by atoms with Crippen molar-refractivity contribution in [1.82, 2.24) is 0 Å². The van der Waals surface area contributed by atoms with E-state index in [0.29, 0.717) is 0 Å². The van der Waals surface area contributed by atoms with Crippen LogP contribution in [0.5, 0.6) is 0 Å². The van der Waals surface area contributed by atoms with Crippen LogP contribution in [0.4, 0.5) is 51.2 Å². The number of anilines is 9. The number of para-hydroxylation sites is 2. The van der Waals surface area contributed by atoms with E-state index in [0.717, 1.165) is 29.9 Å². The van der Waals surface area contributed by atoms with Crippen molar-refractivity contribution in [1.29, 1.82) is 0 Å². The normalized spacial score (nSPS) is 16.7. The summed E-state index contributed by atoms with van der Waals surface area (Å²) < 4.78 is 2.69. The van der Waals surface area contributed by atoms with Gasteiger partial charge in [0.05, 0.1) is 21.8 Å². The highest BCUT2D eigenvalue weighted by molar-refractivity contribution is 7.26. The molecule has 0 saturated carbocycles. The van der Waals surface area contributed by atoms with Crippen LogP contribution in [-0.2, 0) is 27.1 Å². The Morgan fingerprint density at radius 2 is 0.942 bits per heavy atom. The van der Waals surface area contributed by atoms with Crippen LogP contribution < -0.4 is 31.1 Å². The summed E-state index contributed by atoms with van der Waals surface area (Å²) in [6, 6.07) is 79.7. The lowest BCUT2D eigenvalue weighted by Gasteiger charge is -2.47. The highest BCUT2D eigenvalue weighted by Gasteiger charge is 2.47. The number of rotatable bonds is 7. The molecular weight excluding hydrogens is 1060 g/mol. The van der Waals surface area contributed by atoms with Crippen molar-refractivity contribution in [3.8, 4) is 22.3 Å². The summed E-state index contributed by atoms with van der Waals surface area (Å²) in [6.07, 6.45) is 4.64. The Hall–Kier alpha value is -8.12. The van der Waals surface area contributed by atoms with E-state index < -0.39 is 0 Å². The first-order chi connectivity index (χ1) is 41.2. The third kappa shape index (κ3) is 8.57.